The van der Waals surface area contributed by atoms with E-state index in [2.05, 4.69) is 20.6 Å². The molecule has 2 aromatic heterocycles. The zero-order valence-electron chi connectivity index (χ0n) is 15.2. The largest absolute Gasteiger partial charge is 0.334 e. The molecule has 1 atom stereocenters. The Morgan fingerprint density at radius 1 is 1.14 bits per heavy atom. The van der Waals surface area contributed by atoms with Crippen LogP contribution in [0.3, 0.4) is 0 Å². The highest BCUT2D eigenvalue weighted by Gasteiger charge is 2.33. The second-order valence-electron chi connectivity index (χ2n) is 6.45. The van der Waals surface area contributed by atoms with Crippen LogP contribution in [-0.2, 0) is 11.3 Å². The van der Waals surface area contributed by atoms with Crippen molar-refractivity contribution >= 4 is 17.6 Å². The van der Waals surface area contributed by atoms with E-state index < -0.39 is 6.04 Å². The van der Waals surface area contributed by atoms with Crippen LogP contribution in [0.4, 0.5) is 10.5 Å². The van der Waals surface area contributed by atoms with Crippen molar-refractivity contribution in [2.24, 2.45) is 0 Å². The summed E-state index contributed by atoms with van der Waals surface area (Å²) in [5, 5.41) is 5.58. The number of hydrogen-bond acceptors (Lipinski definition) is 4. The van der Waals surface area contributed by atoms with Gasteiger partial charge in [-0.2, -0.15) is 0 Å². The van der Waals surface area contributed by atoms with E-state index in [1.54, 1.807) is 34.4 Å². The molecule has 1 unspecified atom stereocenters. The van der Waals surface area contributed by atoms with Gasteiger partial charge in [-0.05, 0) is 24.6 Å². The topological polar surface area (TPSA) is 92.2 Å². The molecule has 3 heterocycles. The molecule has 0 spiro atoms. The average Bonchev–Trinajstić information content (AvgIpc) is 3.38. The number of amides is 3. The van der Waals surface area contributed by atoms with E-state index in [-0.39, 0.29) is 18.5 Å². The minimum absolute atomic E-state index is 0.0955. The van der Waals surface area contributed by atoms with Crippen LogP contribution in [0.15, 0.2) is 67.4 Å². The molecule has 28 heavy (non-hydrogen) atoms. The maximum atomic E-state index is 12.6. The van der Waals surface area contributed by atoms with Gasteiger partial charge >= 0.3 is 6.03 Å². The van der Waals surface area contributed by atoms with E-state index in [1.165, 1.54) is 0 Å². The monoisotopic (exact) mass is 376 g/mol. The van der Waals surface area contributed by atoms with Crippen molar-refractivity contribution in [1.82, 2.24) is 25.2 Å². The van der Waals surface area contributed by atoms with Crippen molar-refractivity contribution < 1.29 is 9.59 Å². The van der Waals surface area contributed by atoms with Crippen molar-refractivity contribution in [3.8, 4) is 5.82 Å². The van der Waals surface area contributed by atoms with Crippen LogP contribution in [0.1, 0.15) is 12.0 Å². The summed E-state index contributed by atoms with van der Waals surface area (Å²) < 4.78 is 1.78. The van der Waals surface area contributed by atoms with Crippen molar-refractivity contribution in [2.75, 3.05) is 11.4 Å². The lowest BCUT2D eigenvalue weighted by Crippen LogP contribution is -2.46. The Bertz CT molecular complexity index is 958. The number of pyridine rings is 1. The van der Waals surface area contributed by atoms with Crippen molar-refractivity contribution in [3.05, 3.63) is 72.9 Å². The van der Waals surface area contributed by atoms with Gasteiger partial charge in [0, 0.05) is 42.9 Å². The first-order valence-electron chi connectivity index (χ1n) is 9.05. The molecule has 1 saturated heterocycles. The van der Waals surface area contributed by atoms with Gasteiger partial charge in [0.2, 0.25) is 5.91 Å². The van der Waals surface area contributed by atoms with Crippen molar-refractivity contribution in [3.63, 3.8) is 0 Å². The van der Waals surface area contributed by atoms with E-state index in [0.717, 1.165) is 11.3 Å². The van der Waals surface area contributed by atoms with Gasteiger partial charge in [-0.1, -0.05) is 24.3 Å². The fourth-order valence-electron chi connectivity index (χ4n) is 3.25. The zero-order valence-corrected chi connectivity index (χ0v) is 15.2. The Hall–Kier alpha value is -3.68. The van der Waals surface area contributed by atoms with Gasteiger partial charge in [0.25, 0.3) is 0 Å². The summed E-state index contributed by atoms with van der Waals surface area (Å²) in [5.74, 6) is 0.606. The molecular weight excluding hydrogens is 356 g/mol. The summed E-state index contributed by atoms with van der Waals surface area (Å²) >= 11 is 0. The van der Waals surface area contributed by atoms with Gasteiger partial charge < -0.3 is 15.5 Å². The predicted octanol–water partition coefficient (Wildman–Crippen LogP) is 1.87. The summed E-state index contributed by atoms with van der Waals surface area (Å²) in [5.41, 5.74) is 1.69. The first-order chi connectivity index (χ1) is 13.7. The van der Waals surface area contributed by atoms with Gasteiger partial charge in [0.1, 0.15) is 18.2 Å². The molecule has 1 aromatic carbocycles. The molecule has 0 saturated carbocycles. The first-order valence-corrected chi connectivity index (χ1v) is 9.05. The fraction of sp³-hybridized carbons (Fsp3) is 0.200. The summed E-state index contributed by atoms with van der Waals surface area (Å²) in [6.45, 7) is 0.873. The Labute approximate surface area is 162 Å². The number of carbonyl (C=O) groups excluding carboxylic acids is 2. The number of rotatable bonds is 5. The number of aromatic nitrogens is 3. The normalized spacial score (nSPS) is 16.2. The number of urea groups is 1. The number of nitrogens with zero attached hydrogens (tertiary/aromatic N) is 4. The average molecular weight is 376 g/mol. The molecule has 0 aliphatic carbocycles. The number of nitrogens with one attached hydrogen (secondary N) is 2. The molecule has 1 fully saturated rings. The molecule has 3 aromatic rings. The Morgan fingerprint density at radius 2 is 2.00 bits per heavy atom. The van der Waals surface area contributed by atoms with Crippen molar-refractivity contribution in [1.29, 1.82) is 0 Å². The minimum atomic E-state index is -0.526. The van der Waals surface area contributed by atoms with Gasteiger partial charge in [-0.15, -0.1) is 0 Å². The molecule has 2 N–H and O–H groups in total. The van der Waals surface area contributed by atoms with Crippen LogP contribution >= 0.6 is 0 Å². The number of hydrogen-bond donors (Lipinski definition) is 2. The molecule has 142 valence electrons. The first kappa shape index (κ1) is 17.7. The van der Waals surface area contributed by atoms with Gasteiger partial charge in [0.15, 0.2) is 0 Å². The molecule has 4 rings (SSSR count). The lowest BCUT2D eigenvalue weighted by Gasteiger charge is -2.17. The van der Waals surface area contributed by atoms with Gasteiger partial charge in [-0.3, -0.25) is 9.36 Å². The smallest absolute Gasteiger partial charge is 0.315 e. The molecule has 0 radical (unpaired) electrons. The number of imidazole rings is 1. The summed E-state index contributed by atoms with van der Waals surface area (Å²) in [6, 6.07) is 12.3. The lowest BCUT2D eigenvalue weighted by molar-refractivity contribution is -0.118. The second kappa shape index (κ2) is 7.91. The Balaban J connectivity index is 1.35. The Morgan fingerprint density at radius 3 is 2.79 bits per heavy atom. The Kier molecular flexibility index (Phi) is 5.01. The van der Waals surface area contributed by atoms with Gasteiger partial charge in [0.05, 0.1) is 0 Å². The molecular formula is C20H20N6O2. The molecule has 8 nitrogen and oxygen atoms in total. The number of benzene rings is 1. The molecule has 8 heteroatoms. The maximum Gasteiger partial charge on any atom is 0.315 e. The van der Waals surface area contributed by atoms with E-state index >= 15 is 0 Å². The van der Waals surface area contributed by atoms with Crippen LogP contribution in [0, 0.1) is 0 Å². The van der Waals surface area contributed by atoms with Crippen LogP contribution in [0.2, 0.25) is 0 Å². The fourth-order valence-corrected chi connectivity index (χ4v) is 3.25. The highest BCUT2D eigenvalue weighted by molar-refractivity contribution is 6.01. The minimum Gasteiger partial charge on any atom is -0.334 e. The highest BCUT2D eigenvalue weighted by Crippen LogP contribution is 2.21. The van der Waals surface area contributed by atoms with E-state index in [0.29, 0.717) is 18.8 Å². The van der Waals surface area contributed by atoms with E-state index in [4.69, 9.17) is 0 Å². The molecule has 3 amide bonds. The van der Waals surface area contributed by atoms with Crippen LogP contribution in [0.5, 0.6) is 0 Å². The number of anilines is 1. The molecule has 0 bridgehead atoms. The summed E-state index contributed by atoms with van der Waals surface area (Å²) in [7, 11) is 0. The van der Waals surface area contributed by atoms with Crippen LogP contribution in [-0.4, -0.2) is 39.1 Å². The third-order valence-electron chi connectivity index (χ3n) is 4.63. The molecule has 1 aliphatic rings. The number of para-hydroxylation sites is 1. The third kappa shape index (κ3) is 3.71. The molecule has 1 aliphatic heterocycles. The zero-order chi connectivity index (χ0) is 19.3. The standard InChI is InChI=1S/C20H20N6O2/c27-19-17(8-11-26(19)16-6-2-1-3-7-16)24-20(28)23-13-15-5-4-9-22-18(15)25-12-10-21-14-25/h1-7,9-10,12,14,17H,8,11,13H2,(H2,23,24,28). The SMILES string of the molecule is O=C(NCc1cccnc1-n1ccnc1)NC1CCN(c2ccccc2)C1=O. The summed E-state index contributed by atoms with van der Waals surface area (Å²) in [4.78, 5) is 35.0. The van der Waals surface area contributed by atoms with Crippen LogP contribution in [0.25, 0.3) is 5.82 Å². The van der Waals surface area contributed by atoms with Crippen LogP contribution < -0.4 is 15.5 Å². The van der Waals surface area contributed by atoms with E-state index in [1.807, 2.05) is 42.5 Å². The lowest BCUT2D eigenvalue weighted by atomic mass is 10.2. The second-order valence-corrected chi connectivity index (χ2v) is 6.45. The highest BCUT2D eigenvalue weighted by atomic mass is 16.2. The van der Waals surface area contributed by atoms with Gasteiger partial charge in [-0.25, -0.2) is 14.8 Å². The quantitative estimate of drug-likeness (QED) is 0.711. The maximum absolute atomic E-state index is 12.6. The predicted molar refractivity (Wildman–Crippen MR) is 104 cm³/mol. The summed E-state index contributed by atoms with van der Waals surface area (Å²) in [6.07, 6.45) is 7.38. The van der Waals surface area contributed by atoms with Crippen molar-refractivity contribution in [2.45, 2.75) is 19.0 Å². The third-order valence-corrected chi connectivity index (χ3v) is 4.63. The van der Waals surface area contributed by atoms with E-state index in [9.17, 15) is 9.59 Å². The number of carbonyl (C=O) groups is 2.